The van der Waals surface area contributed by atoms with Gasteiger partial charge in [-0.3, -0.25) is 10.1 Å². The van der Waals surface area contributed by atoms with Crippen LogP contribution >= 0.6 is 11.3 Å². The van der Waals surface area contributed by atoms with E-state index in [2.05, 4.69) is 9.97 Å². The number of nitrogens with two attached hydrogens (primary N) is 1. The first kappa shape index (κ1) is 9.53. The Labute approximate surface area is 88.6 Å². The topological polar surface area (TPSA) is 94.9 Å². The fourth-order valence-electron chi connectivity index (χ4n) is 1.05. The maximum atomic E-state index is 10.4. The molecule has 2 aromatic rings. The Morgan fingerprint density at radius 2 is 2.20 bits per heavy atom. The smallest absolute Gasteiger partial charge is 0.287 e. The lowest BCUT2D eigenvalue weighted by molar-refractivity contribution is -0.385. The molecule has 0 atom stereocenters. The summed E-state index contributed by atoms with van der Waals surface area (Å²) in [6.45, 7) is 0. The number of aromatic nitrogens is 2. The van der Waals surface area contributed by atoms with Crippen LogP contribution in [-0.4, -0.2) is 14.9 Å². The first-order valence-corrected chi connectivity index (χ1v) is 4.86. The predicted molar refractivity (Wildman–Crippen MR) is 56.4 cm³/mol. The second kappa shape index (κ2) is 3.62. The Kier molecular flexibility index (Phi) is 2.30. The average molecular weight is 222 g/mol. The molecule has 0 aromatic carbocycles. The van der Waals surface area contributed by atoms with Crippen molar-refractivity contribution in [2.45, 2.75) is 0 Å². The molecule has 2 heterocycles. The average Bonchev–Trinajstić information content (AvgIpc) is 2.65. The van der Waals surface area contributed by atoms with E-state index in [1.807, 2.05) is 0 Å². The molecule has 0 saturated carbocycles. The molecule has 0 spiro atoms. The van der Waals surface area contributed by atoms with Crippen molar-refractivity contribution in [1.82, 2.24) is 9.97 Å². The summed E-state index contributed by atoms with van der Waals surface area (Å²) in [5, 5.41) is 12.6. The van der Waals surface area contributed by atoms with E-state index >= 15 is 0 Å². The summed E-state index contributed by atoms with van der Waals surface area (Å²) in [5.74, 6) is 0. The maximum Gasteiger partial charge on any atom is 0.287 e. The van der Waals surface area contributed by atoms with E-state index in [9.17, 15) is 10.1 Å². The van der Waals surface area contributed by atoms with Crippen molar-refractivity contribution in [3.63, 3.8) is 0 Å². The van der Waals surface area contributed by atoms with Crippen LogP contribution in [0, 0.1) is 10.1 Å². The highest BCUT2D eigenvalue weighted by atomic mass is 32.1. The Balaban J connectivity index is 2.35. The van der Waals surface area contributed by atoms with Gasteiger partial charge in [0, 0.05) is 11.4 Å². The minimum absolute atomic E-state index is 0.0399. The van der Waals surface area contributed by atoms with Crippen LogP contribution in [0.1, 0.15) is 0 Å². The number of anilines is 1. The monoisotopic (exact) mass is 222 g/mol. The van der Waals surface area contributed by atoms with Gasteiger partial charge in [0.05, 0.1) is 10.6 Å². The van der Waals surface area contributed by atoms with Crippen LogP contribution in [0.15, 0.2) is 23.7 Å². The standard InChI is InChI=1S/C8H6N4O2S/c9-8-11-7(4-15-8)6-2-1-5(3-10-6)12(13)14/h1-4H,(H2,9,11). The van der Waals surface area contributed by atoms with Crippen molar-refractivity contribution in [2.24, 2.45) is 0 Å². The first-order chi connectivity index (χ1) is 7.16. The number of nitrogen functional groups attached to an aromatic ring is 1. The zero-order valence-corrected chi connectivity index (χ0v) is 8.27. The van der Waals surface area contributed by atoms with Crippen LogP contribution in [0.3, 0.4) is 0 Å². The molecule has 0 radical (unpaired) electrons. The van der Waals surface area contributed by atoms with Gasteiger partial charge in [0.15, 0.2) is 5.13 Å². The van der Waals surface area contributed by atoms with Gasteiger partial charge in [-0.1, -0.05) is 0 Å². The molecule has 15 heavy (non-hydrogen) atoms. The van der Waals surface area contributed by atoms with E-state index in [0.717, 1.165) is 0 Å². The lowest BCUT2D eigenvalue weighted by Crippen LogP contribution is -1.90. The highest BCUT2D eigenvalue weighted by molar-refractivity contribution is 7.13. The van der Waals surface area contributed by atoms with Gasteiger partial charge in [-0.15, -0.1) is 11.3 Å². The molecule has 0 aliphatic heterocycles. The van der Waals surface area contributed by atoms with Crippen LogP contribution in [-0.2, 0) is 0 Å². The summed E-state index contributed by atoms with van der Waals surface area (Å²) in [6.07, 6.45) is 1.20. The lowest BCUT2D eigenvalue weighted by atomic mass is 10.3. The summed E-state index contributed by atoms with van der Waals surface area (Å²) >= 11 is 1.30. The second-order valence-corrected chi connectivity index (χ2v) is 3.62. The highest BCUT2D eigenvalue weighted by Gasteiger charge is 2.08. The molecular weight excluding hydrogens is 216 g/mol. The van der Waals surface area contributed by atoms with Gasteiger partial charge in [0.25, 0.3) is 5.69 Å². The number of hydrogen-bond acceptors (Lipinski definition) is 6. The van der Waals surface area contributed by atoms with Gasteiger partial charge in [0.2, 0.25) is 0 Å². The zero-order valence-electron chi connectivity index (χ0n) is 7.45. The van der Waals surface area contributed by atoms with E-state index < -0.39 is 4.92 Å². The molecule has 7 heteroatoms. The summed E-state index contributed by atoms with van der Waals surface area (Å²) in [7, 11) is 0. The number of thiazole rings is 1. The largest absolute Gasteiger partial charge is 0.375 e. The van der Waals surface area contributed by atoms with Gasteiger partial charge in [-0.25, -0.2) is 9.97 Å². The van der Waals surface area contributed by atoms with E-state index in [0.29, 0.717) is 16.5 Å². The van der Waals surface area contributed by atoms with Crippen molar-refractivity contribution in [3.05, 3.63) is 33.8 Å². The zero-order chi connectivity index (χ0) is 10.8. The fraction of sp³-hybridized carbons (Fsp3) is 0. The Bertz CT molecular complexity index is 494. The summed E-state index contributed by atoms with van der Waals surface area (Å²) in [6, 6.07) is 2.94. The van der Waals surface area contributed by atoms with E-state index in [-0.39, 0.29) is 5.69 Å². The van der Waals surface area contributed by atoms with Crippen molar-refractivity contribution < 1.29 is 4.92 Å². The summed E-state index contributed by atoms with van der Waals surface area (Å²) < 4.78 is 0. The summed E-state index contributed by atoms with van der Waals surface area (Å²) in [4.78, 5) is 17.8. The van der Waals surface area contributed by atoms with Crippen LogP contribution in [0.5, 0.6) is 0 Å². The van der Waals surface area contributed by atoms with Gasteiger partial charge in [-0.2, -0.15) is 0 Å². The number of rotatable bonds is 2. The fourth-order valence-corrected chi connectivity index (χ4v) is 1.61. The Hall–Kier alpha value is -2.02. The van der Waals surface area contributed by atoms with Crippen molar-refractivity contribution in [3.8, 4) is 11.4 Å². The minimum Gasteiger partial charge on any atom is -0.375 e. The third kappa shape index (κ3) is 1.91. The highest BCUT2D eigenvalue weighted by Crippen LogP contribution is 2.22. The minimum atomic E-state index is -0.494. The third-order valence-corrected chi connectivity index (χ3v) is 2.42. The molecule has 0 unspecified atom stereocenters. The van der Waals surface area contributed by atoms with E-state index in [1.54, 1.807) is 11.4 Å². The maximum absolute atomic E-state index is 10.4. The van der Waals surface area contributed by atoms with E-state index in [1.165, 1.54) is 23.6 Å². The van der Waals surface area contributed by atoms with Gasteiger partial charge in [-0.05, 0) is 6.07 Å². The van der Waals surface area contributed by atoms with Crippen LogP contribution < -0.4 is 5.73 Å². The van der Waals surface area contributed by atoms with Crippen molar-refractivity contribution in [1.29, 1.82) is 0 Å². The molecule has 0 aliphatic carbocycles. The summed E-state index contributed by atoms with van der Waals surface area (Å²) in [5.41, 5.74) is 6.63. The SMILES string of the molecule is Nc1nc(-c2ccc([N+](=O)[O-])cn2)cs1. The van der Waals surface area contributed by atoms with Gasteiger partial charge < -0.3 is 5.73 Å². The second-order valence-electron chi connectivity index (χ2n) is 2.73. The number of hydrogen-bond donors (Lipinski definition) is 1. The number of pyridine rings is 1. The molecule has 6 nitrogen and oxygen atoms in total. The molecule has 0 saturated heterocycles. The van der Waals surface area contributed by atoms with Crippen LogP contribution in [0.25, 0.3) is 11.4 Å². The third-order valence-electron chi connectivity index (χ3n) is 1.74. The van der Waals surface area contributed by atoms with E-state index in [4.69, 9.17) is 5.73 Å². The van der Waals surface area contributed by atoms with Crippen molar-refractivity contribution >= 4 is 22.2 Å². The Morgan fingerprint density at radius 1 is 1.40 bits per heavy atom. The quantitative estimate of drug-likeness (QED) is 0.616. The molecule has 0 aliphatic rings. The molecule has 2 N–H and O–H groups in total. The van der Waals surface area contributed by atoms with Crippen molar-refractivity contribution in [2.75, 3.05) is 5.73 Å². The molecule has 0 amide bonds. The molecule has 76 valence electrons. The molecule has 2 aromatic heterocycles. The predicted octanol–water partition coefficient (Wildman–Crippen LogP) is 1.70. The Morgan fingerprint density at radius 3 is 2.67 bits per heavy atom. The van der Waals surface area contributed by atoms with Crippen LogP contribution in [0.2, 0.25) is 0 Å². The lowest BCUT2D eigenvalue weighted by Gasteiger charge is -1.94. The first-order valence-electron chi connectivity index (χ1n) is 3.98. The molecule has 0 fully saturated rings. The number of nitro groups is 1. The van der Waals surface area contributed by atoms with Crippen LogP contribution in [0.4, 0.5) is 10.8 Å². The molecule has 0 bridgehead atoms. The molecular formula is C8H6N4O2S. The number of nitrogens with zero attached hydrogens (tertiary/aromatic N) is 3. The van der Waals surface area contributed by atoms with Gasteiger partial charge in [0.1, 0.15) is 11.9 Å². The molecule has 2 rings (SSSR count). The van der Waals surface area contributed by atoms with Gasteiger partial charge >= 0.3 is 0 Å². The normalized spacial score (nSPS) is 10.1.